The van der Waals surface area contributed by atoms with Gasteiger partial charge in [-0.1, -0.05) is 35.3 Å². The molecule has 136 valence electrons. The predicted molar refractivity (Wildman–Crippen MR) is 104 cm³/mol. The van der Waals surface area contributed by atoms with Gasteiger partial charge in [0.15, 0.2) is 0 Å². The predicted octanol–water partition coefficient (Wildman–Crippen LogP) is 6.20. The third-order valence-corrected chi connectivity index (χ3v) is 4.64. The molecule has 26 heavy (non-hydrogen) atoms. The fourth-order valence-corrected chi connectivity index (χ4v) is 2.87. The average Bonchev–Trinajstić information content (AvgIpc) is 2.63. The highest BCUT2D eigenvalue weighted by atomic mass is 35.5. The van der Waals surface area contributed by atoms with Gasteiger partial charge in [-0.25, -0.2) is 4.79 Å². The van der Waals surface area contributed by atoms with Gasteiger partial charge < -0.3 is 9.84 Å². The number of aliphatic hydroxyl groups excluding tert-OH is 1. The summed E-state index contributed by atoms with van der Waals surface area (Å²) >= 11 is 13.2. The second-order valence-electron chi connectivity index (χ2n) is 4.91. The fraction of sp³-hybridized carbons (Fsp3) is 0.167. The molecule has 0 aliphatic heterocycles. The normalized spacial score (nSPS) is 12.1. The number of ether oxygens (including phenoxy) is 1. The van der Waals surface area contributed by atoms with Crippen molar-refractivity contribution in [3.63, 3.8) is 0 Å². The van der Waals surface area contributed by atoms with Gasteiger partial charge in [-0.3, -0.25) is 0 Å². The van der Waals surface area contributed by atoms with Crippen LogP contribution in [-0.2, 0) is 9.53 Å². The van der Waals surface area contributed by atoms with Crippen LogP contribution in [0.15, 0.2) is 75.1 Å². The summed E-state index contributed by atoms with van der Waals surface area (Å²) in [5, 5.41) is 19.1. The van der Waals surface area contributed by atoms with Crippen molar-refractivity contribution in [1.82, 2.24) is 0 Å². The number of benzene rings is 2. The maximum atomic E-state index is 12.1. The first kappa shape index (κ1) is 20.3. The van der Waals surface area contributed by atoms with Crippen LogP contribution in [0.3, 0.4) is 0 Å². The van der Waals surface area contributed by atoms with Crippen LogP contribution in [0.4, 0.5) is 5.69 Å². The van der Waals surface area contributed by atoms with Crippen molar-refractivity contribution < 1.29 is 14.6 Å². The highest BCUT2D eigenvalue weighted by molar-refractivity contribution is 7.99. The van der Waals surface area contributed by atoms with Crippen molar-refractivity contribution in [3.8, 4) is 0 Å². The molecule has 0 aliphatic rings. The van der Waals surface area contributed by atoms with Crippen molar-refractivity contribution in [2.45, 2.75) is 11.8 Å². The highest BCUT2D eigenvalue weighted by Crippen LogP contribution is 2.26. The number of aliphatic hydroxyl groups is 1. The van der Waals surface area contributed by atoms with E-state index in [1.165, 1.54) is 11.8 Å². The first-order valence-corrected chi connectivity index (χ1v) is 9.39. The Morgan fingerprint density at radius 3 is 2.50 bits per heavy atom. The topological polar surface area (TPSA) is 71.2 Å². The molecule has 0 heterocycles. The number of hydrogen-bond donors (Lipinski definition) is 1. The number of azo groups is 1. The van der Waals surface area contributed by atoms with Gasteiger partial charge in [0, 0.05) is 9.92 Å². The second kappa shape index (κ2) is 10.2. The number of rotatable bonds is 7. The Kier molecular flexibility index (Phi) is 7.97. The Morgan fingerprint density at radius 1 is 1.15 bits per heavy atom. The quantitative estimate of drug-likeness (QED) is 0.194. The molecule has 0 saturated carbocycles. The molecule has 5 nitrogen and oxygen atoms in total. The molecule has 0 radical (unpaired) electrons. The first-order chi connectivity index (χ1) is 12.5. The van der Waals surface area contributed by atoms with Crippen LogP contribution in [0.2, 0.25) is 10.0 Å². The lowest BCUT2D eigenvalue weighted by Gasteiger charge is -2.06. The number of thioether (sulfide) groups is 1. The highest BCUT2D eigenvalue weighted by Gasteiger charge is 2.17. The zero-order chi connectivity index (χ0) is 18.9. The molecule has 0 aliphatic carbocycles. The van der Waals surface area contributed by atoms with Crippen LogP contribution in [0.25, 0.3) is 0 Å². The molecule has 2 rings (SSSR count). The van der Waals surface area contributed by atoms with Crippen LogP contribution in [-0.4, -0.2) is 23.4 Å². The van der Waals surface area contributed by atoms with E-state index in [4.69, 9.17) is 27.9 Å². The molecule has 0 saturated heterocycles. The van der Waals surface area contributed by atoms with Crippen molar-refractivity contribution in [1.29, 1.82) is 0 Å². The van der Waals surface area contributed by atoms with Crippen LogP contribution in [0.5, 0.6) is 0 Å². The molecule has 8 heteroatoms. The lowest BCUT2D eigenvalue weighted by atomic mass is 10.3. The number of carbonyl (C=O) groups excluding carboxylic acids is 1. The van der Waals surface area contributed by atoms with E-state index in [0.717, 1.165) is 4.90 Å². The number of carbonyl (C=O) groups is 1. The summed E-state index contributed by atoms with van der Waals surface area (Å²) in [5.41, 5.74) is 0.127. The maximum Gasteiger partial charge on any atom is 0.362 e. The molecular formula is C18H16Cl2N2O3S. The smallest absolute Gasteiger partial charge is 0.362 e. The second-order valence-corrected chi connectivity index (χ2v) is 6.80. The summed E-state index contributed by atoms with van der Waals surface area (Å²) in [6.45, 7) is 1.82. The molecule has 0 aromatic heterocycles. The summed E-state index contributed by atoms with van der Waals surface area (Å²) < 4.78 is 4.94. The van der Waals surface area contributed by atoms with Crippen LogP contribution in [0.1, 0.15) is 6.92 Å². The summed E-state index contributed by atoms with van der Waals surface area (Å²) in [6, 6.07) is 13.9. The molecule has 0 amide bonds. The molecular weight excluding hydrogens is 395 g/mol. The minimum atomic E-state index is -0.752. The third kappa shape index (κ3) is 6.05. The molecule has 0 unspecified atom stereocenters. The van der Waals surface area contributed by atoms with E-state index < -0.39 is 5.97 Å². The van der Waals surface area contributed by atoms with Gasteiger partial charge in [0.05, 0.1) is 17.4 Å². The molecule has 0 atom stereocenters. The SMILES string of the molecule is CCOC(=O)/C(N=Nc1ccccc1Cl)=C(/O)CSc1ccc(Cl)cc1. The number of hydrogen-bond acceptors (Lipinski definition) is 6. The summed E-state index contributed by atoms with van der Waals surface area (Å²) in [7, 11) is 0. The summed E-state index contributed by atoms with van der Waals surface area (Å²) in [4.78, 5) is 13.0. The van der Waals surface area contributed by atoms with Crippen LogP contribution < -0.4 is 0 Å². The van der Waals surface area contributed by atoms with Gasteiger partial charge in [-0.15, -0.1) is 22.0 Å². The van der Waals surface area contributed by atoms with E-state index in [2.05, 4.69) is 10.2 Å². The zero-order valence-corrected chi connectivity index (χ0v) is 16.2. The number of esters is 1. The molecule has 0 fully saturated rings. The van der Waals surface area contributed by atoms with Gasteiger partial charge in [0.25, 0.3) is 0 Å². The summed E-state index contributed by atoms with van der Waals surface area (Å²) in [6.07, 6.45) is 0. The van der Waals surface area contributed by atoms with E-state index in [9.17, 15) is 9.90 Å². The number of nitrogens with zero attached hydrogens (tertiary/aromatic N) is 2. The maximum absolute atomic E-state index is 12.1. The van der Waals surface area contributed by atoms with E-state index in [0.29, 0.717) is 15.7 Å². The molecule has 2 aromatic rings. The van der Waals surface area contributed by atoms with Gasteiger partial charge in [-0.2, -0.15) is 0 Å². The Morgan fingerprint density at radius 2 is 1.85 bits per heavy atom. The van der Waals surface area contributed by atoms with E-state index >= 15 is 0 Å². The lowest BCUT2D eigenvalue weighted by Crippen LogP contribution is -2.09. The van der Waals surface area contributed by atoms with Gasteiger partial charge in [0.2, 0.25) is 5.70 Å². The van der Waals surface area contributed by atoms with E-state index in [1.807, 2.05) is 12.1 Å². The monoisotopic (exact) mass is 410 g/mol. The zero-order valence-electron chi connectivity index (χ0n) is 13.9. The molecule has 1 N–H and O–H groups in total. The van der Waals surface area contributed by atoms with E-state index in [1.54, 1.807) is 43.3 Å². The fourth-order valence-electron chi connectivity index (χ4n) is 1.80. The van der Waals surface area contributed by atoms with Crippen LogP contribution in [0, 0.1) is 0 Å². The minimum Gasteiger partial charge on any atom is -0.509 e. The van der Waals surface area contributed by atoms with Crippen molar-refractivity contribution in [2.75, 3.05) is 12.4 Å². The van der Waals surface area contributed by atoms with Gasteiger partial charge >= 0.3 is 5.97 Å². The van der Waals surface area contributed by atoms with Gasteiger partial charge in [0.1, 0.15) is 11.4 Å². The molecule has 0 bridgehead atoms. The number of halogens is 2. The van der Waals surface area contributed by atoms with Crippen molar-refractivity contribution >= 4 is 46.6 Å². The Labute approximate surface area is 165 Å². The van der Waals surface area contributed by atoms with Crippen molar-refractivity contribution in [3.05, 3.63) is 70.0 Å². The lowest BCUT2D eigenvalue weighted by molar-refractivity contribution is -0.138. The van der Waals surface area contributed by atoms with Crippen molar-refractivity contribution in [2.24, 2.45) is 10.2 Å². The Balaban J connectivity index is 2.21. The minimum absolute atomic E-state index is 0.122. The van der Waals surface area contributed by atoms with Gasteiger partial charge in [-0.05, 0) is 43.3 Å². The first-order valence-electron chi connectivity index (χ1n) is 7.65. The Hall–Kier alpha value is -2.02. The van der Waals surface area contributed by atoms with Crippen LogP contribution >= 0.6 is 35.0 Å². The third-order valence-electron chi connectivity index (χ3n) is 3.04. The largest absolute Gasteiger partial charge is 0.509 e. The standard InChI is InChI=1S/C18H16Cl2N2O3S/c1-2-25-18(24)17(22-21-15-6-4-3-5-14(15)20)16(23)11-26-13-9-7-12(19)8-10-13/h3-10,23H,2,11H2,1H3/b17-16-,22-21?. The summed E-state index contributed by atoms with van der Waals surface area (Å²) in [5.74, 6) is -0.867. The average molecular weight is 411 g/mol. The molecule has 0 spiro atoms. The molecule has 2 aromatic carbocycles. The van der Waals surface area contributed by atoms with E-state index in [-0.39, 0.29) is 23.8 Å². The Bertz CT molecular complexity index is 823.